The number of amides is 1. The predicted octanol–water partition coefficient (Wildman–Crippen LogP) is 2.95. The summed E-state index contributed by atoms with van der Waals surface area (Å²) in [7, 11) is 0. The summed E-state index contributed by atoms with van der Waals surface area (Å²) < 4.78 is 5.44. The van der Waals surface area contributed by atoms with E-state index in [1.165, 1.54) is 6.26 Å². The first kappa shape index (κ1) is 11.8. The third-order valence-electron chi connectivity index (χ3n) is 1.65. The zero-order valence-electron chi connectivity index (χ0n) is 7.93. The second-order valence-corrected chi connectivity index (χ2v) is 4.86. The summed E-state index contributed by atoms with van der Waals surface area (Å²) in [6.07, 6.45) is 1.47. The Bertz CT molecular complexity index is 333. The minimum atomic E-state index is -0.270. The number of hydrogen-bond acceptors (Lipinski definition) is 2. The maximum atomic E-state index is 11.7. The molecule has 1 heterocycles. The first-order valence-corrected chi connectivity index (χ1v) is 5.99. The maximum absolute atomic E-state index is 11.7. The molecule has 0 aliphatic heterocycles. The van der Waals surface area contributed by atoms with E-state index in [9.17, 15) is 4.79 Å². The molecule has 0 unspecified atom stereocenters. The molecule has 0 aliphatic rings. The summed E-state index contributed by atoms with van der Waals surface area (Å²) in [5.74, 6) is -0.143. The van der Waals surface area contributed by atoms with Crippen LogP contribution >= 0.6 is 31.9 Å². The van der Waals surface area contributed by atoms with Gasteiger partial charge in [0.2, 0.25) is 0 Å². The van der Waals surface area contributed by atoms with Crippen LogP contribution in [0.25, 0.3) is 0 Å². The van der Waals surface area contributed by atoms with Crippen LogP contribution < -0.4 is 5.32 Å². The molecular weight excluding hydrogens is 314 g/mol. The van der Waals surface area contributed by atoms with Crippen LogP contribution in [0.15, 0.2) is 21.4 Å². The molecule has 0 saturated heterocycles. The van der Waals surface area contributed by atoms with E-state index in [2.05, 4.69) is 37.2 Å². The second-order valence-electron chi connectivity index (χ2n) is 3.58. The molecule has 1 amide bonds. The Kier molecular flexibility index (Phi) is 3.78. The van der Waals surface area contributed by atoms with Crippen molar-refractivity contribution in [3.63, 3.8) is 0 Å². The van der Waals surface area contributed by atoms with E-state index in [0.717, 1.165) is 0 Å². The Morgan fingerprint density at radius 3 is 2.71 bits per heavy atom. The molecule has 1 rings (SSSR count). The molecule has 1 aromatic heterocycles. The highest BCUT2D eigenvalue weighted by Crippen LogP contribution is 2.18. The zero-order chi connectivity index (χ0) is 10.8. The second kappa shape index (κ2) is 4.49. The largest absolute Gasteiger partial charge is 0.457 e. The molecule has 0 fully saturated rings. The van der Waals surface area contributed by atoms with Crippen LogP contribution in [-0.4, -0.2) is 16.8 Å². The molecule has 0 aromatic carbocycles. The van der Waals surface area contributed by atoms with Crippen molar-refractivity contribution in [2.24, 2.45) is 0 Å². The SMILES string of the molecule is CC(C)(CBr)NC(=O)c1ccoc1Br. The van der Waals surface area contributed by atoms with Gasteiger partial charge in [-0.05, 0) is 35.8 Å². The fraction of sp³-hybridized carbons (Fsp3) is 0.444. The summed E-state index contributed by atoms with van der Waals surface area (Å²) in [4.78, 5) is 11.7. The topological polar surface area (TPSA) is 42.2 Å². The molecule has 5 heteroatoms. The first-order valence-electron chi connectivity index (χ1n) is 4.08. The van der Waals surface area contributed by atoms with Crippen molar-refractivity contribution in [1.29, 1.82) is 0 Å². The molecule has 0 atom stereocenters. The summed E-state index contributed by atoms with van der Waals surface area (Å²) in [6, 6.07) is 1.63. The maximum Gasteiger partial charge on any atom is 0.256 e. The van der Waals surface area contributed by atoms with Gasteiger partial charge in [-0.2, -0.15) is 0 Å². The number of rotatable bonds is 3. The molecule has 14 heavy (non-hydrogen) atoms. The molecule has 0 radical (unpaired) electrons. The smallest absolute Gasteiger partial charge is 0.256 e. The number of nitrogens with one attached hydrogen (secondary N) is 1. The highest BCUT2D eigenvalue weighted by Gasteiger charge is 2.21. The van der Waals surface area contributed by atoms with Crippen LogP contribution in [-0.2, 0) is 0 Å². The fourth-order valence-electron chi connectivity index (χ4n) is 0.864. The minimum Gasteiger partial charge on any atom is -0.457 e. The number of halogens is 2. The summed E-state index contributed by atoms with van der Waals surface area (Å²) in [6.45, 7) is 3.88. The van der Waals surface area contributed by atoms with Gasteiger partial charge < -0.3 is 9.73 Å². The van der Waals surface area contributed by atoms with Gasteiger partial charge >= 0.3 is 0 Å². The van der Waals surface area contributed by atoms with Gasteiger partial charge in [-0.15, -0.1) is 0 Å². The van der Waals surface area contributed by atoms with Crippen molar-refractivity contribution in [1.82, 2.24) is 5.32 Å². The van der Waals surface area contributed by atoms with Gasteiger partial charge in [0.05, 0.1) is 11.8 Å². The van der Waals surface area contributed by atoms with E-state index < -0.39 is 0 Å². The van der Waals surface area contributed by atoms with Gasteiger partial charge in [-0.25, -0.2) is 0 Å². The van der Waals surface area contributed by atoms with E-state index in [1.54, 1.807) is 6.07 Å². The van der Waals surface area contributed by atoms with Crippen molar-refractivity contribution < 1.29 is 9.21 Å². The Labute approximate surface area is 99.5 Å². The highest BCUT2D eigenvalue weighted by atomic mass is 79.9. The molecule has 0 spiro atoms. The van der Waals surface area contributed by atoms with Crippen LogP contribution in [0.1, 0.15) is 24.2 Å². The van der Waals surface area contributed by atoms with Crippen molar-refractivity contribution in [2.75, 3.05) is 5.33 Å². The van der Waals surface area contributed by atoms with Gasteiger partial charge in [0.1, 0.15) is 0 Å². The molecule has 1 N–H and O–H groups in total. The van der Waals surface area contributed by atoms with E-state index in [4.69, 9.17) is 4.42 Å². The van der Waals surface area contributed by atoms with Crippen LogP contribution in [0.3, 0.4) is 0 Å². The molecular formula is C9H11Br2NO2. The summed E-state index contributed by atoms with van der Waals surface area (Å²) in [5, 5.41) is 3.57. The quantitative estimate of drug-likeness (QED) is 0.869. The predicted molar refractivity (Wildman–Crippen MR) is 61.7 cm³/mol. The van der Waals surface area contributed by atoms with Gasteiger partial charge in [0.15, 0.2) is 4.67 Å². The van der Waals surface area contributed by atoms with Gasteiger partial charge in [0.25, 0.3) is 5.91 Å². The van der Waals surface area contributed by atoms with Gasteiger partial charge in [0, 0.05) is 10.9 Å². The third kappa shape index (κ3) is 2.85. The minimum absolute atomic E-state index is 0.143. The normalized spacial score (nSPS) is 11.4. The summed E-state index contributed by atoms with van der Waals surface area (Å²) in [5.41, 5.74) is 0.243. The van der Waals surface area contributed by atoms with Crippen molar-refractivity contribution in [2.45, 2.75) is 19.4 Å². The molecule has 1 aromatic rings. The molecule has 0 saturated carbocycles. The van der Waals surface area contributed by atoms with Crippen molar-refractivity contribution in [3.05, 3.63) is 22.6 Å². The molecule has 0 aliphatic carbocycles. The van der Waals surface area contributed by atoms with Crippen LogP contribution in [0, 0.1) is 0 Å². The van der Waals surface area contributed by atoms with Crippen molar-refractivity contribution >= 4 is 37.8 Å². The Morgan fingerprint density at radius 1 is 1.64 bits per heavy atom. The van der Waals surface area contributed by atoms with Crippen LogP contribution in [0.5, 0.6) is 0 Å². The average molecular weight is 325 g/mol. The Morgan fingerprint density at radius 2 is 2.29 bits per heavy atom. The number of carbonyl (C=O) groups excluding carboxylic acids is 1. The number of alkyl halides is 1. The van der Waals surface area contributed by atoms with E-state index in [0.29, 0.717) is 15.6 Å². The first-order chi connectivity index (χ1) is 6.46. The number of carbonyl (C=O) groups is 1. The van der Waals surface area contributed by atoms with E-state index in [1.807, 2.05) is 13.8 Å². The Hall–Kier alpha value is -0.290. The van der Waals surface area contributed by atoms with Crippen LogP contribution in [0.2, 0.25) is 0 Å². The number of hydrogen-bond donors (Lipinski definition) is 1. The third-order valence-corrected chi connectivity index (χ3v) is 3.66. The molecule has 3 nitrogen and oxygen atoms in total. The standard InChI is InChI=1S/C9H11Br2NO2/c1-9(2,5-10)12-8(13)6-3-4-14-7(6)11/h3-4H,5H2,1-2H3,(H,12,13). The lowest BCUT2D eigenvalue weighted by molar-refractivity contribution is 0.0919. The molecule has 0 bridgehead atoms. The lowest BCUT2D eigenvalue weighted by Gasteiger charge is -2.23. The monoisotopic (exact) mass is 323 g/mol. The van der Waals surface area contributed by atoms with E-state index in [-0.39, 0.29) is 11.4 Å². The lowest BCUT2D eigenvalue weighted by atomic mass is 10.1. The summed E-state index contributed by atoms with van der Waals surface area (Å²) >= 11 is 6.49. The van der Waals surface area contributed by atoms with Crippen LogP contribution in [0.4, 0.5) is 0 Å². The fourth-order valence-corrected chi connectivity index (χ4v) is 1.42. The van der Waals surface area contributed by atoms with Crippen molar-refractivity contribution in [3.8, 4) is 0 Å². The number of furan rings is 1. The average Bonchev–Trinajstić information content (AvgIpc) is 2.51. The Balaban J connectivity index is 2.73. The highest BCUT2D eigenvalue weighted by molar-refractivity contribution is 9.10. The lowest BCUT2D eigenvalue weighted by Crippen LogP contribution is -2.44. The zero-order valence-corrected chi connectivity index (χ0v) is 11.1. The molecule has 78 valence electrons. The van der Waals surface area contributed by atoms with E-state index >= 15 is 0 Å². The van der Waals surface area contributed by atoms with Gasteiger partial charge in [-0.3, -0.25) is 4.79 Å². The van der Waals surface area contributed by atoms with Gasteiger partial charge in [-0.1, -0.05) is 15.9 Å².